The summed E-state index contributed by atoms with van der Waals surface area (Å²) in [6.07, 6.45) is -2.15. The first kappa shape index (κ1) is 11.2. The average Bonchev–Trinajstić information content (AvgIpc) is 2.82. The molecule has 0 aromatic rings. The molecule has 0 saturated carbocycles. The Labute approximate surface area is 90.8 Å². The summed E-state index contributed by atoms with van der Waals surface area (Å²) >= 11 is 1.43. The molecule has 86 valence electrons. The maximum atomic E-state index is 10.0. The van der Waals surface area contributed by atoms with Crippen molar-refractivity contribution in [1.82, 2.24) is 4.90 Å². The van der Waals surface area contributed by atoms with Gasteiger partial charge in [0, 0.05) is 6.20 Å². The van der Waals surface area contributed by atoms with Gasteiger partial charge in [0.25, 0.3) is 5.91 Å². The van der Waals surface area contributed by atoms with Crippen LogP contribution in [-0.4, -0.2) is 62.0 Å². The number of hydrogen-bond acceptors (Lipinski definition) is 7. The molecule has 0 radical (unpaired) electrons. The molecule has 0 unspecified atom stereocenters. The van der Waals surface area contributed by atoms with E-state index in [0.717, 1.165) is 0 Å². The van der Waals surface area contributed by atoms with E-state index in [1.807, 2.05) is 0 Å². The molecule has 2 rings (SSSR count). The quantitative estimate of drug-likeness (QED) is 0.450. The normalized spacial score (nSPS) is 45.3. The van der Waals surface area contributed by atoms with E-state index in [1.165, 1.54) is 16.7 Å². The topological polar surface area (TPSA) is 93.4 Å². The van der Waals surface area contributed by atoms with Gasteiger partial charge in [0.15, 0.2) is 6.10 Å². The van der Waals surface area contributed by atoms with Crippen molar-refractivity contribution in [3.05, 3.63) is 11.6 Å². The highest BCUT2D eigenvalue weighted by atomic mass is 32.2. The van der Waals surface area contributed by atoms with Gasteiger partial charge in [-0.15, -0.1) is 11.8 Å². The summed E-state index contributed by atoms with van der Waals surface area (Å²) in [4.78, 5) is 1.38. The summed E-state index contributed by atoms with van der Waals surface area (Å²) < 4.78 is 5.07. The predicted octanol–water partition coefficient (Wildman–Crippen LogP) is -1.78. The van der Waals surface area contributed by atoms with E-state index in [0.29, 0.717) is 5.88 Å². The lowest BCUT2D eigenvalue weighted by molar-refractivity contribution is -0.296. The number of nitrogens with zero attached hydrogens (tertiary/aromatic N) is 1. The summed E-state index contributed by atoms with van der Waals surface area (Å²) in [7, 11) is 0. The highest BCUT2D eigenvalue weighted by Gasteiger charge is 2.56. The summed E-state index contributed by atoms with van der Waals surface area (Å²) in [5.74, 6) is -1.52. The molecule has 15 heavy (non-hydrogen) atoms. The molecule has 7 heteroatoms. The highest BCUT2D eigenvalue weighted by molar-refractivity contribution is 8.02. The van der Waals surface area contributed by atoms with E-state index in [2.05, 4.69) is 0 Å². The molecule has 0 aromatic carbocycles. The molecule has 1 saturated heterocycles. The van der Waals surface area contributed by atoms with Crippen LogP contribution in [0.2, 0.25) is 0 Å². The van der Waals surface area contributed by atoms with Crippen LogP contribution >= 0.6 is 11.8 Å². The molecule has 2 aliphatic rings. The second-order valence-corrected chi connectivity index (χ2v) is 4.35. The number of hydrogen-bond donors (Lipinski definition) is 4. The van der Waals surface area contributed by atoms with Crippen LogP contribution in [-0.2, 0) is 4.74 Å². The standard InChI is InChI=1S/C8H13NO5S/c10-3-5-6(11)7(12)8(13,14-5)9-1-2-15-4-9/h1-2,5-7,10-13H,3-4H2/t5-,6-,7-,8+/m1/s1. The van der Waals surface area contributed by atoms with Crippen molar-refractivity contribution in [2.45, 2.75) is 24.2 Å². The van der Waals surface area contributed by atoms with Gasteiger partial charge in [-0.2, -0.15) is 0 Å². The average molecular weight is 235 g/mol. The van der Waals surface area contributed by atoms with Crippen molar-refractivity contribution in [3.63, 3.8) is 0 Å². The number of thioether (sulfide) groups is 1. The van der Waals surface area contributed by atoms with Crippen LogP contribution in [0.5, 0.6) is 0 Å². The maximum absolute atomic E-state index is 10.0. The zero-order chi connectivity index (χ0) is 11.1. The van der Waals surface area contributed by atoms with Gasteiger partial charge in [-0.1, -0.05) is 0 Å². The fourth-order valence-electron chi connectivity index (χ4n) is 1.65. The van der Waals surface area contributed by atoms with Gasteiger partial charge in [0.05, 0.1) is 12.5 Å². The Kier molecular flexibility index (Phi) is 2.93. The van der Waals surface area contributed by atoms with E-state index in [4.69, 9.17) is 9.84 Å². The van der Waals surface area contributed by atoms with Gasteiger partial charge >= 0.3 is 0 Å². The number of aliphatic hydroxyl groups is 4. The first-order valence-corrected chi connectivity index (χ1v) is 5.56. The van der Waals surface area contributed by atoms with Crippen molar-refractivity contribution < 1.29 is 25.2 Å². The second-order valence-electron chi connectivity index (χ2n) is 3.48. The Hall–Kier alpha value is -0.310. The third kappa shape index (κ3) is 1.65. The van der Waals surface area contributed by atoms with E-state index in [9.17, 15) is 15.3 Å². The zero-order valence-electron chi connectivity index (χ0n) is 7.85. The number of rotatable bonds is 2. The molecule has 2 aliphatic heterocycles. The Morgan fingerprint density at radius 1 is 1.53 bits per heavy atom. The minimum atomic E-state index is -1.95. The fourth-order valence-corrected chi connectivity index (χ4v) is 2.40. The van der Waals surface area contributed by atoms with Crippen molar-refractivity contribution in [2.75, 3.05) is 12.5 Å². The lowest BCUT2D eigenvalue weighted by Gasteiger charge is -2.34. The van der Waals surface area contributed by atoms with E-state index >= 15 is 0 Å². The van der Waals surface area contributed by atoms with Gasteiger partial charge in [-0.05, 0) is 5.41 Å². The van der Waals surface area contributed by atoms with Gasteiger partial charge in [0.2, 0.25) is 0 Å². The predicted molar refractivity (Wildman–Crippen MR) is 52.4 cm³/mol. The Balaban J connectivity index is 2.17. The molecule has 0 aromatic heterocycles. The molecular formula is C8H13NO5S. The molecule has 2 heterocycles. The van der Waals surface area contributed by atoms with Crippen LogP contribution in [0, 0.1) is 0 Å². The van der Waals surface area contributed by atoms with Crippen LogP contribution < -0.4 is 0 Å². The monoisotopic (exact) mass is 235 g/mol. The highest BCUT2D eigenvalue weighted by Crippen LogP contribution is 2.35. The van der Waals surface area contributed by atoms with Crippen LogP contribution in [0.4, 0.5) is 0 Å². The summed E-state index contributed by atoms with van der Waals surface area (Å²) in [6, 6.07) is 0. The maximum Gasteiger partial charge on any atom is 0.280 e. The molecule has 4 N–H and O–H groups in total. The van der Waals surface area contributed by atoms with Crippen molar-refractivity contribution >= 4 is 11.8 Å². The Morgan fingerprint density at radius 3 is 2.73 bits per heavy atom. The molecule has 0 spiro atoms. The molecule has 0 amide bonds. The summed E-state index contributed by atoms with van der Waals surface area (Å²) in [5.41, 5.74) is 0. The van der Waals surface area contributed by atoms with Crippen molar-refractivity contribution in [3.8, 4) is 0 Å². The molecule has 0 aliphatic carbocycles. The molecular weight excluding hydrogens is 222 g/mol. The first-order chi connectivity index (χ1) is 7.09. The van der Waals surface area contributed by atoms with E-state index in [-0.39, 0.29) is 0 Å². The van der Waals surface area contributed by atoms with Crippen LogP contribution in [0.25, 0.3) is 0 Å². The third-order valence-corrected chi connectivity index (χ3v) is 3.30. The Bertz CT molecular complexity index is 276. The third-order valence-electron chi connectivity index (χ3n) is 2.56. The molecule has 0 bridgehead atoms. The van der Waals surface area contributed by atoms with Gasteiger partial charge < -0.3 is 30.1 Å². The molecule has 6 nitrogen and oxygen atoms in total. The number of aliphatic hydroxyl groups excluding tert-OH is 3. The van der Waals surface area contributed by atoms with Crippen molar-refractivity contribution in [2.24, 2.45) is 0 Å². The summed E-state index contributed by atoms with van der Waals surface area (Å²) in [5, 5.41) is 39.8. The molecule has 4 atom stereocenters. The largest absolute Gasteiger partial charge is 0.394 e. The fraction of sp³-hybridized carbons (Fsp3) is 0.750. The lowest BCUT2D eigenvalue weighted by atomic mass is 10.1. The second kappa shape index (κ2) is 3.93. The van der Waals surface area contributed by atoms with E-state index < -0.39 is 30.8 Å². The SMILES string of the molecule is OC[C@H]1O[C@](O)(N2C=CSC2)[C@H](O)[C@@H]1O. The van der Waals surface area contributed by atoms with Gasteiger partial charge in [0.1, 0.15) is 12.2 Å². The minimum Gasteiger partial charge on any atom is -0.394 e. The number of ether oxygens (including phenoxy) is 1. The van der Waals surface area contributed by atoms with Crippen molar-refractivity contribution in [1.29, 1.82) is 0 Å². The Morgan fingerprint density at radius 2 is 2.27 bits per heavy atom. The lowest BCUT2D eigenvalue weighted by Crippen LogP contribution is -2.53. The first-order valence-electron chi connectivity index (χ1n) is 4.52. The van der Waals surface area contributed by atoms with Crippen LogP contribution in [0.3, 0.4) is 0 Å². The van der Waals surface area contributed by atoms with Crippen LogP contribution in [0.15, 0.2) is 11.6 Å². The van der Waals surface area contributed by atoms with Crippen LogP contribution in [0.1, 0.15) is 0 Å². The van der Waals surface area contributed by atoms with Gasteiger partial charge in [-0.3, -0.25) is 0 Å². The zero-order valence-corrected chi connectivity index (χ0v) is 8.67. The summed E-state index contributed by atoms with van der Waals surface area (Å²) in [6.45, 7) is -0.453. The molecule has 1 fully saturated rings. The minimum absolute atomic E-state index is 0.429. The van der Waals surface area contributed by atoms with E-state index in [1.54, 1.807) is 11.6 Å². The smallest absolute Gasteiger partial charge is 0.280 e. The van der Waals surface area contributed by atoms with Gasteiger partial charge in [-0.25, -0.2) is 0 Å².